The van der Waals surface area contributed by atoms with Crippen LogP contribution in [-0.4, -0.2) is 27.5 Å². The summed E-state index contributed by atoms with van der Waals surface area (Å²) in [6, 6.07) is 7.64. The minimum absolute atomic E-state index is 0.118. The first-order valence-electron chi connectivity index (χ1n) is 9.20. The molecule has 0 aliphatic rings. The Kier molecular flexibility index (Phi) is 5.91. The third kappa shape index (κ3) is 4.05. The fraction of sp³-hybridized carbons (Fsp3) is 0.238. The molecule has 0 unspecified atom stereocenters. The van der Waals surface area contributed by atoms with E-state index in [4.69, 9.17) is 4.74 Å². The summed E-state index contributed by atoms with van der Waals surface area (Å²) in [7, 11) is 0. The Bertz CT molecular complexity index is 1190. The molecule has 0 saturated heterocycles. The molecule has 0 bridgehead atoms. The van der Waals surface area contributed by atoms with Crippen molar-refractivity contribution in [1.29, 1.82) is 0 Å². The molecule has 0 aliphatic heterocycles. The van der Waals surface area contributed by atoms with E-state index in [0.717, 1.165) is 18.2 Å². The molecule has 3 aromatic rings. The maximum atomic E-state index is 13.7. The molecule has 0 fully saturated rings. The predicted octanol–water partition coefficient (Wildman–Crippen LogP) is 3.19. The van der Waals surface area contributed by atoms with E-state index in [1.807, 2.05) is 6.92 Å². The van der Waals surface area contributed by atoms with Gasteiger partial charge in [0.25, 0.3) is 11.5 Å². The normalized spacial score (nSPS) is 11.9. The van der Waals surface area contributed by atoms with Gasteiger partial charge in [-0.1, -0.05) is 6.07 Å². The van der Waals surface area contributed by atoms with Gasteiger partial charge in [0.1, 0.15) is 23.0 Å². The van der Waals surface area contributed by atoms with Gasteiger partial charge in [-0.25, -0.2) is 18.6 Å². The minimum Gasteiger partial charge on any atom is -0.449 e. The average Bonchev–Trinajstić information content (AvgIpc) is 2.71. The minimum atomic E-state index is -1.31. The number of aromatic nitrogens is 2. The molecule has 1 atom stereocenters. The zero-order valence-corrected chi connectivity index (χ0v) is 16.5. The summed E-state index contributed by atoms with van der Waals surface area (Å²) in [6.07, 6.45) is -1.31. The lowest BCUT2D eigenvalue weighted by molar-refractivity contribution is -0.123. The van der Waals surface area contributed by atoms with Crippen LogP contribution >= 0.6 is 0 Å². The first-order valence-corrected chi connectivity index (χ1v) is 9.20. The summed E-state index contributed by atoms with van der Waals surface area (Å²) < 4.78 is 34.0. The molecule has 2 aromatic carbocycles. The second-order valence-electron chi connectivity index (χ2n) is 6.58. The number of hydrogen-bond acceptors (Lipinski definition) is 5. The second-order valence-corrected chi connectivity index (χ2v) is 6.58. The first-order chi connectivity index (χ1) is 14.2. The van der Waals surface area contributed by atoms with Crippen LogP contribution in [0.1, 0.15) is 29.9 Å². The largest absolute Gasteiger partial charge is 0.449 e. The van der Waals surface area contributed by atoms with Crippen molar-refractivity contribution in [2.24, 2.45) is 0 Å². The van der Waals surface area contributed by atoms with Crippen molar-refractivity contribution in [1.82, 2.24) is 9.55 Å². The van der Waals surface area contributed by atoms with Gasteiger partial charge >= 0.3 is 5.97 Å². The zero-order valence-electron chi connectivity index (χ0n) is 16.5. The summed E-state index contributed by atoms with van der Waals surface area (Å²) in [6.45, 7) is 5.12. The van der Waals surface area contributed by atoms with Crippen molar-refractivity contribution in [3.63, 3.8) is 0 Å². The number of amides is 1. The van der Waals surface area contributed by atoms with Gasteiger partial charge in [-0.15, -0.1) is 0 Å². The van der Waals surface area contributed by atoms with Crippen molar-refractivity contribution in [3.05, 3.63) is 69.6 Å². The van der Waals surface area contributed by atoms with Crippen molar-refractivity contribution < 1.29 is 23.1 Å². The molecular weight excluding hydrogens is 396 g/mol. The van der Waals surface area contributed by atoms with E-state index in [2.05, 4.69) is 10.3 Å². The number of ether oxygens (including phenoxy) is 1. The third-order valence-electron chi connectivity index (χ3n) is 4.52. The number of anilines is 1. The van der Waals surface area contributed by atoms with Crippen LogP contribution in [0.15, 0.2) is 41.2 Å². The number of benzene rings is 2. The highest BCUT2D eigenvalue weighted by Crippen LogP contribution is 2.19. The molecule has 1 heterocycles. The van der Waals surface area contributed by atoms with Crippen molar-refractivity contribution in [2.75, 3.05) is 5.32 Å². The van der Waals surface area contributed by atoms with Crippen LogP contribution in [0.5, 0.6) is 0 Å². The molecule has 0 saturated carbocycles. The quantitative estimate of drug-likeness (QED) is 0.647. The fourth-order valence-corrected chi connectivity index (χ4v) is 2.94. The monoisotopic (exact) mass is 415 g/mol. The highest BCUT2D eigenvalue weighted by Gasteiger charge is 2.22. The lowest BCUT2D eigenvalue weighted by Gasteiger charge is -2.15. The summed E-state index contributed by atoms with van der Waals surface area (Å²) in [4.78, 5) is 41.0. The van der Waals surface area contributed by atoms with E-state index < -0.39 is 35.3 Å². The number of carbonyl (C=O) groups excluding carboxylic acids is 2. The van der Waals surface area contributed by atoms with Gasteiger partial charge in [-0.2, -0.15) is 0 Å². The average molecular weight is 415 g/mol. The molecule has 1 N–H and O–H groups in total. The lowest BCUT2D eigenvalue weighted by atomic mass is 10.2. The second kappa shape index (κ2) is 8.40. The van der Waals surface area contributed by atoms with Crippen molar-refractivity contribution in [3.8, 4) is 0 Å². The van der Waals surface area contributed by atoms with E-state index in [1.165, 1.54) is 23.6 Å². The molecule has 1 amide bonds. The molecular formula is C21H19F2N3O4. The number of fused-ring (bicyclic) bond motifs is 1. The molecule has 7 nitrogen and oxygen atoms in total. The molecule has 3 rings (SSSR count). The highest BCUT2D eigenvalue weighted by molar-refractivity contribution is 5.98. The smallest absolute Gasteiger partial charge is 0.338 e. The van der Waals surface area contributed by atoms with Crippen LogP contribution < -0.4 is 10.9 Å². The van der Waals surface area contributed by atoms with Crippen molar-refractivity contribution in [2.45, 2.75) is 33.4 Å². The highest BCUT2D eigenvalue weighted by atomic mass is 19.1. The molecule has 1 aromatic heterocycles. The Hall–Kier alpha value is -3.62. The van der Waals surface area contributed by atoms with E-state index >= 15 is 0 Å². The van der Waals surface area contributed by atoms with Crippen LogP contribution in [-0.2, 0) is 16.1 Å². The van der Waals surface area contributed by atoms with Crippen LogP contribution in [0.25, 0.3) is 11.0 Å². The third-order valence-corrected chi connectivity index (χ3v) is 4.52. The van der Waals surface area contributed by atoms with Crippen molar-refractivity contribution >= 4 is 28.6 Å². The number of halogens is 2. The molecule has 0 aliphatic carbocycles. The number of nitrogens with one attached hydrogen (secondary N) is 1. The Morgan fingerprint density at radius 3 is 2.50 bits per heavy atom. The van der Waals surface area contributed by atoms with Gasteiger partial charge in [0.2, 0.25) is 0 Å². The number of para-hydroxylation sites is 1. The van der Waals surface area contributed by atoms with Crippen LogP contribution in [0, 0.1) is 18.6 Å². The van der Waals surface area contributed by atoms with E-state index in [1.54, 1.807) is 13.0 Å². The van der Waals surface area contributed by atoms with Gasteiger partial charge in [0.05, 0.1) is 16.6 Å². The van der Waals surface area contributed by atoms with E-state index in [-0.39, 0.29) is 16.8 Å². The Balaban J connectivity index is 1.79. The first kappa shape index (κ1) is 21.1. The van der Waals surface area contributed by atoms with Gasteiger partial charge in [-0.05, 0) is 51.1 Å². The maximum Gasteiger partial charge on any atom is 0.338 e. The number of carbonyl (C=O) groups is 2. The topological polar surface area (TPSA) is 90.3 Å². The summed E-state index contributed by atoms with van der Waals surface area (Å²) in [5.41, 5.74) is 0.556. The number of rotatable bonds is 5. The van der Waals surface area contributed by atoms with E-state index in [9.17, 15) is 23.2 Å². The number of hydrogen-bond donors (Lipinski definition) is 1. The van der Waals surface area contributed by atoms with Crippen LogP contribution in [0.2, 0.25) is 0 Å². The molecule has 0 radical (unpaired) electrons. The SMILES string of the molecule is CCn1c(=O)c(C)nc2cc(C(=O)O[C@H](C)C(=O)Nc3c(F)cccc3F)ccc21. The van der Waals surface area contributed by atoms with Crippen LogP contribution in [0.4, 0.5) is 14.5 Å². The van der Waals surface area contributed by atoms with Gasteiger partial charge in [-0.3, -0.25) is 9.59 Å². The molecule has 156 valence electrons. The predicted molar refractivity (Wildman–Crippen MR) is 106 cm³/mol. The summed E-state index contributed by atoms with van der Waals surface area (Å²) in [5, 5.41) is 2.08. The Morgan fingerprint density at radius 2 is 1.87 bits per heavy atom. The van der Waals surface area contributed by atoms with Crippen LogP contribution in [0.3, 0.4) is 0 Å². The van der Waals surface area contributed by atoms with Gasteiger partial charge < -0.3 is 14.6 Å². The zero-order chi connectivity index (χ0) is 22.0. The summed E-state index contributed by atoms with van der Waals surface area (Å²) in [5.74, 6) is -3.59. The van der Waals surface area contributed by atoms with Gasteiger partial charge in [0, 0.05) is 6.54 Å². The van der Waals surface area contributed by atoms with Gasteiger partial charge in [0.15, 0.2) is 6.10 Å². The fourth-order valence-electron chi connectivity index (χ4n) is 2.94. The molecule has 30 heavy (non-hydrogen) atoms. The molecule has 0 spiro atoms. The van der Waals surface area contributed by atoms with E-state index in [0.29, 0.717) is 17.6 Å². The number of nitrogens with zero attached hydrogens (tertiary/aromatic N) is 2. The standard InChI is InChI=1S/C21H19F2N3O4/c1-4-26-17-9-8-13(10-16(17)24-11(2)20(26)28)21(29)30-12(3)19(27)25-18-14(22)6-5-7-15(18)23/h5-10,12H,4H2,1-3H3,(H,25,27)/t12-/m1/s1. The Morgan fingerprint density at radius 1 is 1.20 bits per heavy atom. The summed E-state index contributed by atoms with van der Waals surface area (Å²) >= 11 is 0. The molecule has 9 heteroatoms. The lowest BCUT2D eigenvalue weighted by Crippen LogP contribution is -2.30. The number of esters is 1. The maximum absolute atomic E-state index is 13.7. The Labute approximate surface area is 170 Å². The number of aryl methyl sites for hydroxylation is 2.